The lowest BCUT2D eigenvalue weighted by atomic mass is 9.99. The molecule has 1 aromatic heterocycles. The number of carboxylic acids is 1. The van der Waals surface area contributed by atoms with E-state index in [1.54, 1.807) is 29.2 Å². The quantitative estimate of drug-likeness (QED) is 0.577. The molecule has 0 radical (unpaired) electrons. The van der Waals surface area contributed by atoms with Crippen LogP contribution in [0, 0.1) is 5.92 Å². The molecule has 7 nitrogen and oxygen atoms in total. The molecule has 1 fully saturated rings. The molecule has 160 valence electrons. The Bertz CT molecular complexity index is 1100. The number of halogens is 1. The topological polar surface area (TPSA) is 86.6 Å². The van der Waals surface area contributed by atoms with Crippen LogP contribution in [-0.4, -0.2) is 51.7 Å². The first-order chi connectivity index (χ1) is 15.0. The zero-order chi connectivity index (χ0) is 22.0. The molecule has 0 saturated carbocycles. The highest BCUT2D eigenvalue weighted by Crippen LogP contribution is 2.31. The fourth-order valence-corrected chi connectivity index (χ4v) is 4.58. The normalized spacial score (nSPS) is 14.3. The highest BCUT2D eigenvalue weighted by Gasteiger charge is 2.32. The second-order valence-electron chi connectivity index (χ2n) is 7.35. The molecule has 1 aliphatic heterocycles. The number of carboxylic acid groups (broad SMARTS) is 1. The Morgan fingerprint density at radius 1 is 1.16 bits per heavy atom. The van der Waals surface area contributed by atoms with Crippen LogP contribution in [0.15, 0.2) is 48.5 Å². The van der Waals surface area contributed by atoms with Crippen LogP contribution in [0.5, 0.6) is 0 Å². The van der Waals surface area contributed by atoms with Crippen molar-refractivity contribution in [2.24, 2.45) is 5.92 Å². The average Bonchev–Trinajstić information content (AvgIpc) is 3.21. The largest absolute Gasteiger partial charge is 0.481 e. The number of nitrogens with zero attached hydrogens (tertiary/aromatic N) is 4. The summed E-state index contributed by atoms with van der Waals surface area (Å²) in [6.45, 7) is 4.23. The summed E-state index contributed by atoms with van der Waals surface area (Å²) in [5, 5.41) is 19.1. The molecule has 1 N–H and O–H groups in total. The van der Waals surface area contributed by atoms with Gasteiger partial charge in [-0.2, -0.15) is 0 Å². The summed E-state index contributed by atoms with van der Waals surface area (Å²) in [6.07, 6.45) is 0. The number of benzene rings is 2. The molecule has 1 aliphatic rings. The molecular formula is C22H21ClN4O3S. The minimum absolute atomic E-state index is 0.208. The van der Waals surface area contributed by atoms with Crippen LogP contribution in [0.3, 0.4) is 0 Å². The van der Waals surface area contributed by atoms with E-state index in [1.807, 2.05) is 31.2 Å². The summed E-state index contributed by atoms with van der Waals surface area (Å²) in [5.74, 6) is -1.19. The maximum atomic E-state index is 12.9. The molecule has 3 aromatic rings. The van der Waals surface area contributed by atoms with Gasteiger partial charge in [0.1, 0.15) is 5.01 Å². The predicted molar refractivity (Wildman–Crippen MR) is 121 cm³/mol. The van der Waals surface area contributed by atoms with Crippen LogP contribution in [0.4, 0.5) is 5.13 Å². The van der Waals surface area contributed by atoms with Gasteiger partial charge in [0.25, 0.3) is 5.91 Å². The molecule has 0 unspecified atom stereocenters. The summed E-state index contributed by atoms with van der Waals surface area (Å²) < 4.78 is 0. The molecule has 2 heterocycles. The molecule has 1 amide bonds. The molecule has 9 heteroatoms. The van der Waals surface area contributed by atoms with Gasteiger partial charge in [-0.3, -0.25) is 19.4 Å². The number of likely N-dealkylation sites (tertiary alicyclic amines) is 1. The van der Waals surface area contributed by atoms with Gasteiger partial charge < -0.3 is 5.11 Å². The Kier molecular flexibility index (Phi) is 6.31. The zero-order valence-electron chi connectivity index (χ0n) is 16.9. The Hall–Kier alpha value is -2.81. The van der Waals surface area contributed by atoms with E-state index in [1.165, 1.54) is 11.3 Å². The smallest absolute Gasteiger partial charge is 0.309 e. The summed E-state index contributed by atoms with van der Waals surface area (Å²) in [6, 6.07) is 14.9. The van der Waals surface area contributed by atoms with Crippen molar-refractivity contribution in [3.63, 3.8) is 0 Å². The average molecular weight is 457 g/mol. The molecule has 0 bridgehead atoms. The number of hydrogen-bond acceptors (Lipinski definition) is 6. The highest BCUT2D eigenvalue weighted by atomic mass is 35.5. The third-order valence-electron chi connectivity index (χ3n) is 5.22. The van der Waals surface area contributed by atoms with Gasteiger partial charge in [-0.1, -0.05) is 59.3 Å². The predicted octanol–water partition coefficient (Wildman–Crippen LogP) is 4.04. The summed E-state index contributed by atoms with van der Waals surface area (Å²) in [7, 11) is 0. The van der Waals surface area contributed by atoms with E-state index < -0.39 is 5.97 Å². The Morgan fingerprint density at radius 2 is 1.87 bits per heavy atom. The fraction of sp³-hybridized carbons (Fsp3) is 0.273. The third kappa shape index (κ3) is 4.61. The van der Waals surface area contributed by atoms with Crippen molar-refractivity contribution in [3.05, 3.63) is 64.7 Å². The summed E-state index contributed by atoms with van der Waals surface area (Å²) in [4.78, 5) is 27.5. The summed E-state index contributed by atoms with van der Waals surface area (Å²) in [5.41, 5.74) is 2.46. The second kappa shape index (κ2) is 9.13. The van der Waals surface area contributed by atoms with Crippen molar-refractivity contribution in [1.82, 2.24) is 15.1 Å². The van der Waals surface area contributed by atoms with Gasteiger partial charge in [0.2, 0.25) is 5.13 Å². The monoisotopic (exact) mass is 456 g/mol. The molecular weight excluding hydrogens is 436 g/mol. The molecule has 2 aromatic carbocycles. The van der Waals surface area contributed by atoms with Gasteiger partial charge in [0.05, 0.1) is 16.5 Å². The number of carbonyl (C=O) groups is 2. The number of aliphatic carboxylic acids is 1. The third-order valence-corrected chi connectivity index (χ3v) is 6.55. The second-order valence-corrected chi connectivity index (χ2v) is 8.71. The van der Waals surface area contributed by atoms with E-state index in [-0.39, 0.29) is 11.8 Å². The van der Waals surface area contributed by atoms with Crippen molar-refractivity contribution in [3.8, 4) is 10.6 Å². The molecule has 31 heavy (non-hydrogen) atoms. The van der Waals surface area contributed by atoms with Gasteiger partial charge in [0, 0.05) is 31.7 Å². The van der Waals surface area contributed by atoms with Crippen molar-refractivity contribution in [1.29, 1.82) is 0 Å². The number of rotatable bonds is 7. The van der Waals surface area contributed by atoms with Crippen molar-refractivity contribution in [2.45, 2.75) is 13.5 Å². The fourth-order valence-electron chi connectivity index (χ4n) is 3.45. The van der Waals surface area contributed by atoms with Gasteiger partial charge >= 0.3 is 5.97 Å². The highest BCUT2D eigenvalue weighted by molar-refractivity contribution is 7.18. The van der Waals surface area contributed by atoms with E-state index in [2.05, 4.69) is 15.1 Å². The van der Waals surface area contributed by atoms with E-state index in [4.69, 9.17) is 16.7 Å². The minimum Gasteiger partial charge on any atom is -0.481 e. The van der Waals surface area contributed by atoms with Crippen molar-refractivity contribution >= 4 is 39.9 Å². The Labute approximate surface area is 188 Å². The molecule has 0 aliphatic carbocycles. The SMILES string of the molecule is CCN(C(=O)c1ccccc1Cl)c1nnc(-c2ccc(CN3CC(C(=O)O)C3)cc2)s1. The Morgan fingerprint density at radius 3 is 2.52 bits per heavy atom. The molecule has 4 rings (SSSR count). The number of hydrogen-bond donors (Lipinski definition) is 1. The first-order valence-corrected chi connectivity index (χ1v) is 11.1. The van der Waals surface area contributed by atoms with Gasteiger partial charge in [-0.25, -0.2) is 0 Å². The number of anilines is 1. The molecule has 1 saturated heterocycles. The first-order valence-electron chi connectivity index (χ1n) is 9.90. The van der Waals surface area contributed by atoms with E-state index in [0.29, 0.717) is 35.4 Å². The van der Waals surface area contributed by atoms with Crippen molar-refractivity contribution < 1.29 is 14.7 Å². The molecule has 0 spiro atoms. The first kappa shape index (κ1) is 21.4. The number of aromatic nitrogens is 2. The maximum absolute atomic E-state index is 12.9. The summed E-state index contributed by atoms with van der Waals surface area (Å²) >= 11 is 7.54. The number of amides is 1. The van der Waals surface area contributed by atoms with Crippen LogP contribution >= 0.6 is 22.9 Å². The zero-order valence-corrected chi connectivity index (χ0v) is 18.4. The van der Waals surface area contributed by atoms with Gasteiger partial charge in [-0.05, 0) is 24.6 Å². The maximum Gasteiger partial charge on any atom is 0.309 e. The van der Waals surface area contributed by atoms with Crippen LogP contribution in [0.25, 0.3) is 10.6 Å². The lowest BCUT2D eigenvalue weighted by Gasteiger charge is -2.36. The van der Waals surface area contributed by atoms with E-state index in [9.17, 15) is 9.59 Å². The van der Waals surface area contributed by atoms with Crippen LogP contribution in [0.1, 0.15) is 22.8 Å². The number of carbonyl (C=O) groups excluding carboxylic acids is 1. The lowest BCUT2D eigenvalue weighted by Crippen LogP contribution is -2.49. The van der Waals surface area contributed by atoms with Crippen LogP contribution in [0.2, 0.25) is 5.02 Å². The van der Waals surface area contributed by atoms with Gasteiger partial charge in [0.15, 0.2) is 0 Å². The van der Waals surface area contributed by atoms with Crippen LogP contribution < -0.4 is 4.90 Å². The lowest BCUT2D eigenvalue weighted by molar-refractivity contribution is -0.147. The van der Waals surface area contributed by atoms with Gasteiger partial charge in [-0.15, -0.1) is 10.2 Å². The van der Waals surface area contributed by atoms with E-state index in [0.717, 1.165) is 22.7 Å². The van der Waals surface area contributed by atoms with Crippen LogP contribution in [-0.2, 0) is 11.3 Å². The molecule has 0 atom stereocenters. The standard InChI is InChI=1S/C22H21ClN4O3S/c1-2-27(20(28)17-5-3-4-6-18(17)23)22-25-24-19(31-22)15-9-7-14(8-10-15)11-26-12-16(13-26)21(29)30/h3-10,16H,2,11-13H2,1H3,(H,29,30). The Balaban J connectivity index is 1.45. The van der Waals surface area contributed by atoms with E-state index >= 15 is 0 Å². The minimum atomic E-state index is -0.729. The van der Waals surface area contributed by atoms with Crippen molar-refractivity contribution in [2.75, 3.05) is 24.5 Å².